The number of benzene rings is 2. The Morgan fingerprint density at radius 1 is 0.931 bits per heavy atom. The standard InChI is InChI=1S/C24H22N2O3/c1-13-10-14(2)12-17(11-13)26-23(28)19-20(24(26)29)22-18-7-5-4-6-16(18)8-9-25(22)21(19)15(3)27/h4-12,19-22H,1-3H3/t19-,20+,21-,22+/m0/s1. The summed E-state index contributed by atoms with van der Waals surface area (Å²) in [6, 6.07) is 12.7. The average Bonchev–Trinajstić information content (AvgIpc) is 3.14. The van der Waals surface area contributed by atoms with Gasteiger partial charge in [0, 0.05) is 6.20 Å². The van der Waals surface area contributed by atoms with E-state index in [-0.39, 0.29) is 23.6 Å². The van der Waals surface area contributed by atoms with Gasteiger partial charge >= 0.3 is 0 Å². The van der Waals surface area contributed by atoms with Gasteiger partial charge in [0.1, 0.15) is 0 Å². The van der Waals surface area contributed by atoms with E-state index < -0.39 is 17.9 Å². The number of carbonyl (C=O) groups is 3. The molecule has 5 nitrogen and oxygen atoms in total. The lowest BCUT2D eigenvalue weighted by Crippen LogP contribution is -2.43. The summed E-state index contributed by atoms with van der Waals surface area (Å²) in [5.41, 5.74) is 4.61. The molecule has 2 amide bonds. The Balaban J connectivity index is 1.66. The highest BCUT2D eigenvalue weighted by Gasteiger charge is 2.63. The van der Waals surface area contributed by atoms with E-state index in [0.29, 0.717) is 5.69 Å². The first-order valence-electron chi connectivity index (χ1n) is 9.89. The second-order valence-electron chi connectivity index (χ2n) is 8.30. The van der Waals surface area contributed by atoms with Gasteiger partial charge in [-0.1, -0.05) is 30.3 Å². The predicted octanol–water partition coefficient (Wildman–Crippen LogP) is 3.41. The predicted molar refractivity (Wildman–Crippen MR) is 110 cm³/mol. The van der Waals surface area contributed by atoms with Gasteiger partial charge in [0.25, 0.3) is 0 Å². The lowest BCUT2D eigenvalue weighted by molar-refractivity contribution is -0.129. The Bertz CT molecular complexity index is 1080. The van der Waals surface area contributed by atoms with E-state index in [1.807, 2.05) is 73.5 Å². The maximum absolute atomic E-state index is 13.6. The number of Topliss-reactive ketones (excluding diaryl/α,β-unsaturated/α-hetero) is 1. The molecule has 0 spiro atoms. The van der Waals surface area contributed by atoms with Crippen molar-refractivity contribution in [3.05, 3.63) is 70.9 Å². The van der Waals surface area contributed by atoms with Gasteiger partial charge in [0.15, 0.2) is 5.78 Å². The van der Waals surface area contributed by atoms with Crippen LogP contribution < -0.4 is 4.90 Å². The molecule has 5 rings (SSSR count). The monoisotopic (exact) mass is 386 g/mol. The molecule has 2 saturated heterocycles. The molecule has 0 aliphatic carbocycles. The first-order chi connectivity index (χ1) is 13.9. The van der Waals surface area contributed by atoms with Crippen molar-refractivity contribution in [3.63, 3.8) is 0 Å². The maximum Gasteiger partial charge on any atom is 0.240 e. The summed E-state index contributed by atoms with van der Waals surface area (Å²) in [7, 11) is 0. The van der Waals surface area contributed by atoms with E-state index in [9.17, 15) is 14.4 Å². The highest BCUT2D eigenvalue weighted by Crippen LogP contribution is 2.53. The minimum atomic E-state index is -0.665. The van der Waals surface area contributed by atoms with Crippen LogP contribution in [-0.4, -0.2) is 28.5 Å². The third kappa shape index (κ3) is 2.43. The molecule has 0 bridgehead atoms. The molecule has 4 atom stereocenters. The SMILES string of the molecule is CC(=O)[C@H]1[C@H]2C(=O)N(c3cc(C)cc(C)c3)C(=O)[C@H]2[C@H]2c3ccccc3C=CN21. The van der Waals surface area contributed by atoms with E-state index in [4.69, 9.17) is 0 Å². The number of amides is 2. The molecule has 0 unspecified atom stereocenters. The highest BCUT2D eigenvalue weighted by atomic mass is 16.2. The van der Waals surface area contributed by atoms with Crippen molar-refractivity contribution in [3.8, 4) is 0 Å². The third-order valence-corrected chi connectivity index (χ3v) is 6.34. The van der Waals surface area contributed by atoms with E-state index in [2.05, 4.69) is 0 Å². The second-order valence-corrected chi connectivity index (χ2v) is 8.30. The normalized spacial score (nSPS) is 27.1. The molecule has 2 aromatic carbocycles. The number of hydrogen-bond acceptors (Lipinski definition) is 4. The van der Waals surface area contributed by atoms with Gasteiger partial charge in [0.05, 0.1) is 29.6 Å². The number of rotatable bonds is 2. The van der Waals surface area contributed by atoms with Crippen molar-refractivity contribution >= 4 is 29.4 Å². The highest BCUT2D eigenvalue weighted by molar-refractivity contribution is 6.24. The van der Waals surface area contributed by atoms with Gasteiger partial charge in [0.2, 0.25) is 11.8 Å². The number of hydrogen-bond donors (Lipinski definition) is 0. The molecule has 0 saturated carbocycles. The van der Waals surface area contributed by atoms with Crippen molar-refractivity contribution < 1.29 is 14.4 Å². The smallest absolute Gasteiger partial charge is 0.240 e. The summed E-state index contributed by atoms with van der Waals surface area (Å²) in [6.45, 7) is 5.41. The van der Waals surface area contributed by atoms with Crippen molar-refractivity contribution in [1.29, 1.82) is 0 Å². The number of aryl methyl sites for hydroxylation is 2. The van der Waals surface area contributed by atoms with Crippen LogP contribution in [0.5, 0.6) is 0 Å². The molecular weight excluding hydrogens is 364 g/mol. The average molecular weight is 386 g/mol. The van der Waals surface area contributed by atoms with Gasteiger partial charge < -0.3 is 4.90 Å². The fourth-order valence-electron chi connectivity index (χ4n) is 5.36. The Hall–Kier alpha value is -3.21. The van der Waals surface area contributed by atoms with Gasteiger partial charge in [-0.25, -0.2) is 4.90 Å². The van der Waals surface area contributed by atoms with E-state index in [0.717, 1.165) is 22.3 Å². The van der Waals surface area contributed by atoms with Crippen molar-refractivity contribution in [2.24, 2.45) is 11.8 Å². The Kier molecular flexibility index (Phi) is 3.78. The van der Waals surface area contributed by atoms with Crippen LogP contribution in [-0.2, 0) is 14.4 Å². The summed E-state index contributed by atoms with van der Waals surface area (Å²) < 4.78 is 0. The fourth-order valence-corrected chi connectivity index (χ4v) is 5.36. The number of carbonyl (C=O) groups excluding carboxylic acids is 3. The molecule has 3 heterocycles. The van der Waals surface area contributed by atoms with Crippen LogP contribution in [0.15, 0.2) is 48.7 Å². The molecule has 3 aliphatic heterocycles. The van der Waals surface area contributed by atoms with E-state index in [1.165, 1.54) is 11.8 Å². The van der Waals surface area contributed by atoms with Crippen molar-refractivity contribution in [1.82, 2.24) is 4.90 Å². The largest absolute Gasteiger partial charge is 0.359 e. The quantitative estimate of drug-likeness (QED) is 0.743. The molecule has 0 N–H and O–H groups in total. The summed E-state index contributed by atoms with van der Waals surface area (Å²) in [5, 5.41) is 0. The molecule has 0 radical (unpaired) electrons. The number of nitrogens with zero attached hydrogens (tertiary/aromatic N) is 2. The fraction of sp³-hybridized carbons (Fsp3) is 0.292. The Labute approximate surface area is 169 Å². The van der Waals surface area contributed by atoms with Gasteiger partial charge in [-0.3, -0.25) is 14.4 Å². The number of ketones is 1. The molecule has 5 heteroatoms. The molecule has 3 aliphatic rings. The van der Waals surface area contributed by atoms with Crippen LogP contribution >= 0.6 is 0 Å². The molecular formula is C24H22N2O3. The van der Waals surface area contributed by atoms with Gasteiger partial charge in [-0.15, -0.1) is 0 Å². The number of fused-ring (bicyclic) bond motifs is 5. The zero-order chi connectivity index (χ0) is 20.4. The lowest BCUT2D eigenvalue weighted by atomic mass is 9.84. The molecule has 2 fully saturated rings. The first kappa shape index (κ1) is 17.9. The third-order valence-electron chi connectivity index (χ3n) is 6.34. The minimum Gasteiger partial charge on any atom is -0.359 e. The summed E-state index contributed by atoms with van der Waals surface area (Å²) in [6.07, 6.45) is 3.83. The maximum atomic E-state index is 13.6. The van der Waals surface area contributed by atoms with E-state index in [1.54, 1.807) is 0 Å². The van der Waals surface area contributed by atoms with Gasteiger partial charge in [-0.2, -0.15) is 0 Å². The number of imide groups is 1. The zero-order valence-corrected chi connectivity index (χ0v) is 16.6. The number of anilines is 1. The topological polar surface area (TPSA) is 57.7 Å². The molecule has 2 aromatic rings. The second kappa shape index (κ2) is 6.14. The van der Waals surface area contributed by atoms with Crippen LogP contribution in [0.1, 0.15) is 35.2 Å². The lowest BCUT2D eigenvalue weighted by Gasteiger charge is -2.35. The van der Waals surface area contributed by atoms with Crippen LogP contribution in [0, 0.1) is 25.7 Å². The van der Waals surface area contributed by atoms with Crippen LogP contribution in [0.2, 0.25) is 0 Å². The van der Waals surface area contributed by atoms with Crippen LogP contribution in [0.3, 0.4) is 0 Å². The summed E-state index contributed by atoms with van der Waals surface area (Å²) in [5.74, 6) is -1.81. The minimum absolute atomic E-state index is 0.0880. The van der Waals surface area contributed by atoms with Crippen LogP contribution in [0.25, 0.3) is 6.08 Å². The van der Waals surface area contributed by atoms with Crippen molar-refractivity contribution in [2.45, 2.75) is 32.9 Å². The molecule has 0 aromatic heterocycles. The van der Waals surface area contributed by atoms with E-state index >= 15 is 0 Å². The first-order valence-corrected chi connectivity index (χ1v) is 9.89. The summed E-state index contributed by atoms with van der Waals surface area (Å²) in [4.78, 5) is 42.9. The Morgan fingerprint density at radius 2 is 1.59 bits per heavy atom. The van der Waals surface area contributed by atoms with Crippen molar-refractivity contribution in [2.75, 3.05) is 4.90 Å². The zero-order valence-electron chi connectivity index (χ0n) is 16.6. The molecule has 146 valence electrons. The van der Waals surface area contributed by atoms with Crippen LogP contribution in [0.4, 0.5) is 5.69 Å². The molecule has 29 heavy (non-hydrogen) atoms. The summed E-state index contributed by atoms with van der Waals surface area (Å²) >= 11 is 0. The Morgan fingerprint density at radius 3 is 2.28 bits per heavy atom. The van der Waals surface area contributed by atoms with Gasteiger partial charge in [-0.05, 0) is 61.2 Å².